The number of amides is 1. The lowest BCUT2D eigenvalue weighted by molar-refractivity contribution is -0.140. The van der Waals surface area contributed by atoms with Crippen molar-refractivity contribution >= 4 is 17.6 Å². The second kappa shape index (κ2) is 4.08. The summed E-state index contributed by atoms with van der Waals surface area (Å²) in [5.41, 5.74) is 1.52. The van der Waals surface area contributed by atoms with Gasteiger partial charge in [0.05, 0.1) is 5.69 Å². The smallest absolute Gasteiger partial charge is 0.326 e. The molecule has 1 aromatic rings. The van der Waals surface area contributed by atoms with Crippen LogP contribution in [0.25, 0.3) is 0 Å². The van der Waals surface area contributed by atoms with Crippen LogP contribution >= 0.6 is 0 Å². The fourth-order valence-corrected chi connectivity index (χ4v) is 1.81. The van der Waals surface area contributed by atoms with Crippen LogP contribution in [0.3, 0.4) is 0 Å². The van der Waals surface area contributed by atoms with Gasteiger partial charge in [0.15, 0.2) is 6.61 Å². The maximum Gasteiger partial charge on any atom is 0.326 e. The number of carbonyl (C=O) groups excluding carboxylic acids is 1. The number of fused-ring (bicyclic) bond motifs is 1. The number of anilines is 1. The monoisotopic (exact) mass is 235 g/mol. The van der Waals surface area contributed by atoms with Crippen LogP contribution in [0.5, 0.6) is 5.75 Å². The highest BCUT2D eigenvalue weighted by atomic mass is 16.5. The van der Waals surface area contributed by atoms with Crippen LogP contribution in [-0.2, 0) is 9.59 Å². The van der Waals surface area contributed by atoms with Gasteiger partial charge >= 0.3 is 5.97 Å². The van der Waals surface area contributed by atoms with E-state index in [1.54, 1.807) is 12.1 Å². The van der Waals surface area contributed by atoms with Crippen LogP contribution in [0.15, 0.2) is 18.2 Å². The van der Waals surface area contributed by atoms with Gasteiger partial charge in [-0.2, -0.15) is 0 Å². The van der Waals surface area contributed by atoms with Crippen molar-refractivity contribution in [3.63, 3.8) is 0 Å². The second-order valence-electron chi connectivity index (χ2n) is 4.04. The Balaban J connectivity index is 2.47. The van der Waals surface area contributed by atoms with Crippen molar-refractivity contribution in [2.45, 2.75) is 19.9 Å². The zero-order chi connectivity index (χ0) is 12.6. The van der Waals surface area contributed by atoms with E-state index in [-0.39, 0.29) is 12.5 Å². The highest BCUT2D eigenvalue weighted by Crippen LogP contribution is 2.34. The summed E-state index contributed by atoms with van der Waals surface area (Å²) in [5.74, 6) is -0.819. The van der Waals surface area contributed by atoms with Gasteiger partial charge in [-0.25, -0.2) is 4.79 Å². The summed E-state index contributed by atoms with van der Waals surface area (Å²) in [6.45, 7) is 3.27. The number of aliphatic carboxylic acids is 1. The molecule has 5 nitrogen and oxygen atoms in total. The lowest BCUT2D eigenvalue weighted by Crippen LogP contribution is -2.48. The van der Waals surface area contributed by atoms with Crippen LogP contribution < -0.4 is 9.64 Å². The standard InChI is InChI=1S/C12H13NO4/c1-7-3-4-9-10(5-7)17-6-11(14)13(9)8(2)12(15)16/h3-5,8H,6H2,1-2H3,(H,15,16). The number of rotatable bonds is 2. The fraction of sp³-hybridized carbons (Fsp3) is 0.333. The molecule has 1 aromatic carbocycles. The zero-order valence-corrected chi connectivity index (χ0v) is 9.64. The molecule has 0 saturated carbocycles. The van der Waals surface area contributed by atoms with Crippen LogP contribution in [0.4, 0.5) is 5.69 Å². The molecule has 17 heavy (non-hydrogen) atoms. The molecule has 2 rings (SSSR count). The van der Waals surface area contributed by atoms with E-state index in [1.165, 1.54) is 11.8 Å². The Hall–Kier alpha value is -2.04. The van der Waals surface area contributed by atoms with Crippen molar-refractivity contribution < 1.29 is 19.4 Å². The van der Waals surface area contributed by atoms with Gasteiger partial charge in [0.2, 0.25) is 0 Å². The number of carbonyl (C=O) groups is 2. The van der Waals surface area contributed by atoms with Crippen molar-refractivity contribution in [3.05, 3.63) is 23.8 Å². The Labute approximate surface area is 98.6 Å². The molecule has 1 amide bonds. The summed E-state index contributed by atoms with van der Waals surface area (Å²) in [5, 5.41) is 9.00. The molecule has 0 saturated heterocycles. The Kier molecular flexibility index (Phi) is 2.75. The van der Waals surface area contributed by atoms with Gasteiger partial charge in [-0.15, -0.1) is 0 Å². The molecule has 0 aliphatic carbocycles. The minimum Gasteiger partial charge on any atom is -0.482 e. The Bertz CT molecular complexity index is 483. The summed E-state index contributed by atoms with van der Waals surface area (Å²) < 4.78 is 5.29. The first kappa shape index (κ1) is 11.4. The second-order valence-corrected chi connectivity index (χ2v) is 4.04. The molecule has 0 aromatic heterocycles. The van der Waals surface area contributed by atoms with Gasteiger partial charge in [0.1, 0.15) is 11.8 Å². The van der Waals surface area contributed by atoms with Crippen molar-refractivity contribution in [3.8, 4) is 5.75 Å². The molecule has 1 aliphatic heterocycles. The summed E-state index contributed by atoms with van der Waals surface area (Å²) >= 11 is 0. The van der Waals surface area contributed by atoms with Gasteiger partial charge in [-0.1, -0.05) is 6.07 Å². The highest BCUT2D eigenvalue weighted by molar-refractivity contribution is 6.02. The van der Waals surface area contributed by atoms with E-state index in [0.29, 0.717) is 11.4 Å². The van der Waals surface area contributed by atoms with Crippen LogP contribution in [0.1, 0.15) is 12.5 Å². The largest absolute Gasteiger partial charge is 0.482 e. The van der Waals surface area contributed by atoms with Gasteiger partial charge in [-0.3, -0.25) is 9.69 Å². The van der Waals surface area contributed by atoms with E-state index in [1.807, 2.05) is 13.0 Å². The average molecular weight is 235 g/mol. The number of nitrogens with zero attached hydrogens (tertiary/aromatic N) is 1. The summed E-state index contributed by atoms with van der Waals surface area (Å²) in [6.07, 6.45) is 0. The number of hydrogen-bond donors (Lipinski definition) is 1. The molecule has 5 heteroatoms. The summed E-state index contributed by atoms with van der Waals surface area (Å²) in [7, 11) is 0. The van der Waals surface area contributed by atoms with Gasteiger partial charge < -0.3 is 9.84 Å². The van der Waals surface area contributed by atoms with E-state index < -0.39 is 12.0 Å². The first-order valence-corrected chi connectivity index (χ1v) is 5.29. The van der Waals surface area contributed by atoms with Crippen molar-refractivity contribution in [2.24, 2.45) is 0 Å². The van der Waals surface area contributed by atoms with E-state index in [2.05, 4.69) is 0 Å². The van der Waals surface area contributed by atoms with E-state index in [0.717, 1.165) is 5.56 Å². The zero-order valence-electron chi connectivity index (χ0n) is 9.64. The van der Waals surface area contributed by atoms with Crippen LogP contribution in [-0.4, -0.2) is 29.6 Å². The molecule has 0 radical (unpaired) electrons. The fourth-order valence-electron chi connectivity index (χ4n) is 1.81. The minimum absolute atomic E-state index is 0.117. The minimum atomic E-state index is -1.04. The molecule has 0 fully saturated rings. The third-order valence-electron chi connectivity index (χ3n) is 2.74. The van der Waals surface area contributed by atoms with Crippen LogP contribution in [0, 0.1) is 6.92 Å². The SMILES string of the molecule is Cc1ccc2c(c1)OCC(=O)N2C(C)C(=O)O. The molecule has 1 atom stereocenters. The number of benzene rings is 1. The maximum atomic E-state index is 11.7. The van der Waals surface area contributed by atoms with E-state index in [4.69, 9.17) is 9.84 Å². The average Bonchev–Trinajstić information content (AvgIpc) is 2.28. The number of ether oxygens (including phenoxy) is 1. The Morgan fingerprint density at radius 3 is 2.88 bits per heavy atom. The predicted molar refractivity (Wildman–Crippen MR) is 61.3 cm³/mol. The van der Waals surface area contributed by atoms with Crippen molar-refractivity contribution in [2.75, 3.05) is 11.5 Å². The molecular formula is C12H13NO4. The van der Waals surface area contributed by atoms with E-state index >= 15 is 0 Å². The first-order valence-electron chi connectivity index (χ1n) is 5.29. The number of carboxylic acids is 1. The molecule has 1 heterocycles. The highest BCUT2D eigenvalue weighted by Gasteiger charge is 2.32. The van der Waals surface area contributed by atoms with Gasteiger partial charge in [0, 0.05) is 0 Å². The van der Waals surface area contributed by atoms with Crippen LogP contribution in [0.2, 0.25) is 0 Å². The number of carboxylic acid groups (broad SMARTS) is 1. The predicted octanol–water partition coefficient (Wildman–Crippen LogP) is 1.19. The Morgan fingerprint density at radius 2 is 2.24 bits per heavy atom. The molecule has 1 N–H and O–H groups in total. The van der Waals surface area contributed by atoms with Crippen molar-refractivity contribution in [1.29, 1.82) is 0 Å². The molecule has 1 aliphatic rings. The molecule has 0 spiro atoms. The summed E-state index contributed by atoms with van der Waals surface area (Å²) in [4.78, 5) is 24.0. The van der Waals surface area contributed by atoms with Gasteiger partial charge in [-0.05, 0) is 31.5 Å². The van der Waals surface area contributed by atoms with Crippen molar-refractivity contribution in [1.82, 2.24) is 0 Å². The third-order valence-corrected chi connectivity index (χ3v) is 2.74. The number of hydrogen-bond acceptors (Lipinski definition) is 3. The molecular weight excluding hydrogens is 222 g/mol. The molecule has 0 bridgehead atoms. The molecule has 1 unspecified atom stereocenters. The quantitative estimate of drug-likeness (QED) is 0.836. The lowest BCUT2D eigenvalue weighted by Gasteiger charge is -2.32. The summed E-state index contributed by atoms with van der Waals surface area (Å²) in [6, 6.07) is 4.43. The number of aryl methyl sites for hydroxylation is 1. The topological polar surface area (TPSA) is 66.8 Å². The van der Waals surface area contributed by atoms with E-state index in [9.17, 15) is 9.59 Å². The first-order chi connectivity index (χ1) is 8.00. The van der Waals surface area contributed by atoms with Gasteiger partial charge in [0.25, 0.3) is 5.91 Å². The maximum absolute atomic E-state index is 11.7. The normalized spacial score (nSPS) is 16.1. The molecule has 90 valence electrons. The Morgan fingerprint density at radius 1 is 1.53 bits per heavy atom. The third kappa shape index (κ3) is 1.95. The lowest BCUT2D eigenvalue weighted by atomic mass is 10.1.